The first-order valence-electron chi connectivity index (χ1n) is 6.84. The van der Waals surface area contributed by atoms with Crippen LogP contribution in [0.2, 0.25) is 10.0 Å². The van der Waals surface area contributed by atoms with Gasteiger partial charge < -0.3 is 10.1 Å². The van der Waals surface area contributed by atoms with Crippen LogP contribution in [0.15, 0.2) is 18.2 Å². The van der Waals surface area contributed by atoms with Gasteiger partial charge in [0.2, 0.25) is 0 Å². The second kappa shape index (κ2) is 6.94. The van der Waals surface area contributed by atoms with Gasteiger partial charge in [-0.1, -0.05) is 29.3 Å². The maximum absolute atomic E-state index is 6.25. The Hall–Kier alpha value is -0.280. The van der Waals surface area contributed by atoms with E-state index in [9.17, 15) is 0 Å². The average Bonchev–Trinajstić information content (AvgIpc) is 2.38. The average molecular weight is 302 g/mol. The molecule has 0 amide bonds. The molecule has 1 aliphatic rings. The molecule has 1 aromatic carbocycles. The number of rotatable bonds is 4. The molecule has 1 N–H and O–H groups in total. The molecule has 1 saturated carbocycles. The SMILES string of the molecule is COC1CCCC(NC(C)c2ccc(Cl)cc2Cl)C1. The zero-order valence-corrected chi connectivity index (χ0v) is 13.0. The number of hydrogen-bond acceptors (Lipinski definition) is 2. The smallest absolute Gasteiger partial charge is 0.0586 e. The molecule has 0 aliphatic heterocycles. The van der Waals surface area contributed by atoms with Crippen molar-refractivity contribution in [2.45, 2.75) is 50.8 Å². The van der Waals surface area contributed by atoms with Crippen LogP contribution in [0.1, 0.15) is 44.2 Å². The third-order valence-electron chi connectivity index (χ3n) is 3.87. The third-order valence-corrected chi connectivity index (χ3v) is 4.44. The van der Waals surface area contributed by atoms with Crippen LogP contribution in [0.5, 0.6) is 0 Å². The van der Waals surface area contributed by atoms with Crippen LogP contribution < -0.4 is 5.32 Å². The van der Waals surface area contributed by atoms with Gasteiger partial charge in [-0.25, -0.2) is 0 Å². The fraction of sp³-hybridized carbons (Fsp3) is 0.600. The Morgan fingerprint density at radius 3 is 2.79 bits per heavy atom. The monoisotopic (exact) mass is 301 g/mol. The molecule has 2 nitrogen and oxygen atoms in total. The van der Waals surface area contributed by atoms with Crippen molar-refractivity contribution in [2.24, 2.45) is 0 Å². The molecule has 1 fully saturated rings. The van der Waals surface area contributed by atoms with Crippen LogP contribution in [-0.4, -0.2) is 19.3 Å². The molecule has 0 aromatic heterocycles. The van der Waals surface area contributed by atoms with Crippen molar-refractivity contribution in [3.8, 4) is 0 Å². The van der Waals surface area contributed by atoms with E-state index < -0.39 is 0 Å². The Kier molecular flexibility index (Phi) is 5.52. The molecule has 106 valence electrons. The van der Waals surface area contributed by atoms with Gasteiger partial charge in [-0.3, -0.25) is 0 Å². The summed E-state index contributed by atoms with van der Waals surface area (Å²) in [5.41, 5.74) is 1.10. The topological polar surface area (TPSA) is 21.3 Å². The van der Waals surface area contributed by atoms with Crippen LogP contribution in [0.3, 0.4) is 0 Å². The molecule has 1 aliphatic carbocycles. The Morgan fingerprint density at radius 1 is 1.32 bits per heavy atom. The highest BCUT2D eigenvalue weighted by atomic mass is 35.5. The largest absolute Gasteiger partial charge is 0.381 e. The summed E-state index contributed by atoms with van der Waals surface area (Å²) in [6.45, 7) is 2.14. The van der Waals surface area contributed by atoms with Gasteiger partial charge in [0.1, 0.15) is 0 Å². The molecular formula is C15H21Cl2NO. The number of ether oxygens (including phenoxy) is 1. The highest BCUT2D eigenvalue weighted by Crippen LogP contribution is 2.28. The first-order valence-corrected chi connectivity index (χ1v) is 7.59. The summed E-state index contributed by atoms with van der Waals surface area (Å²) in [6.07, 6.45) is 5.06. The summed E-state index contributed by atoms with van der Waals surface area (Å²) in [5, 5.41) is 5.06. The van der Waals surface area contributed by atoms with E-state index in [2.05, 4.69) is 12.2 Å². The lowest BCUT2D eigenvalue weighted by atomic mass is 9.92. The lowest BCUT2D eigenvalue weighted by molar-refractivity contribution is 0.0572. The molecule has 2 rings (SSSR count). The van der Waals surface area contributed by atoms with Crippen LogP contribution in [0, 0.1) is 0 Å². The fourth-order valence-corrected chi connectivity index (χ4v) is 3.38. The molecule has 1 aromatic rings. The van der Waals surface area contributed by atoms with E-state index in [0.29, 0.717) is 17.2 Å². The maximum atomic E-state index is 6.25. The predicted molar refractivity (Wildman–Crippen MR) is 81.1 cm³/mol. The van der Waals surface area contributed by atoms with Crippen molar-refractivity contribution in [1.29, 1.82) is 0 Å². The summed E-state index contributed by atoms with van der Waals surface area (Å²) in [5.74, 6) is 0. The van der Waals surface area contributed by atoms with Crippen LogP contribution in [0.4, 0.5) is 0 Å². The molecule has 3 unspecified atom stereocenters. The zero-order valence-electron chi connectivity index (χ0n) is 11.5. The van der Waals surface area contributed by atoms with Gasteiger partial charge in [-0.05, 0) is 50.3 Å². The molecule has 0 bridgehead atoms. The molecule has 0 radical (unpaired) electrons. The fourth-order valence-electron chi connectivity index (χ4n) is 2.81. The van der Waals surface area contributed by atoms with Gasteiger partial charge in [0.05, 0.1) is 6.10 Å². The lowest BCUT2D eigenvalue weighted by Crippen LogP contribution is -2.38. The Bertz CT molecular complexity index is 425. The van der Waals surface area contributed by atoms with Crippen LogP contribution in [-0.2, 0) is 4.74 Å². The summed E-state index contributed by atoms with van der Waals surface area (Å²) >= 11 is 12.2. The van der Waals surface area contributed by atoms with Crippen molar-refractivity contribution >= 4 is 23.2 Å². The number of halogens is 2. The normalized spacial score (nSPS) is 25.3. The lowest BCUT2D eigenvalue weighted by Gasteiger charge is -2.31. The molecule has 0 saturated heterocycles. The highest BCUT2D eigenvalue weighted by molar-refractivity contribution is 6.35. The predicted octanol–water partition coefficient (Wildman–Crippen LogP) is 4.60. The summed E-state index contributed by atoms with van der Waals surface area (Å²) < 4.78 is 5.46. The van der Waals surface area contributed by atoms with E-state index in [1.54, 1.807) is 13.2 Å². The van der Waals surface area contributed by atoms with Crippen molar-refractivity contribution in [2.75, 3.05) is 7.11 Å². The molecule has 0 spiro atoms. The standard InChI is InChI=1S/C15H21Cl2NO/c1-10(14-7-6-11(16)8-15(14)17)18-12-4-3-5-13(9-12)19-2/h6-8,10,12-13,18H,3-5,9H2,1-2H3. The minimum Gasteiger partial charge on any atom is -0.381 e. The van der Waals surface area contributed by atoms with Crippen molar-refractivity contribution in [3.05, 3.63) is 33.8 Å². The van der Waals surface area contributed by atoms with Crippen molar-refractivity contribution in [1.82, 2.24) is 5.32 Å². The van der Waals surface area contributed by atoms with Crippen LogP contribution in [0.25, 0.3) is 0 Å². The van der Waals surface area contributed by atoms with Crippen molar-refractivity contribution < 1.29 is 4.74 Å². The first kappa shape index (κ1) is 15.1. The van der Waals surface area contributed by atoms with Crippen LogP contribution >= 0.6 is 23.2 Å². The Balaban J connectivity index is 1.98. The van der Waals surface area contributed by atoms with Crippen molar-refractivity contribution in [3.63, 3.8) is 0 Å². The molecule has 0 heterocycles. The third kappa shape index (κ3) is 4.09. The Morgan fingerprint density at radius 2 is 2.11 bits per heavy atom. The number of benzene rings is 1. The van der Waals surface area contributed by atoms with Gasteiger partial charge in [0.25, 0.3) is 0 Å². The minimum absolute atomic E-state index is 0.227. The molecule has 4 heteroatoms. The molecular weight excluding hydrogens is 281 g/mol. The van der Waals surface area contributed by atoms with E-state index in [-0.39, 0.29) is 6.04 Å². The van der Waals surface area contributed by atoms with Gasteiger partial charge in [0.15, 0.2) is 0 Å². The van der Waals surface area contributed by atoms with Gasteiger partial charge >= 0.3 is 0 Å². The zero-order chi connectivity index (χ0) is 13.8. The van der Waals surface area contributed by atoms with E-state index in [1.807, 2.05) is 12.1 Å². The summed E-state index contributed by atoms with van der Waals surface area (Å²) in [4.78, 5) is 0. The minimum atomic E-state index is 0.227. The first-order chi connectivity index (χ1) is 9.10. The van der Waals surface area contributed by atoms with Gasteiger partial charge in [-0.2, -0.15) is 0 Å². The highest BCUT2D eigenvalue weighted by Gasteiger charge is 2.23. The second-order valence-corrected chi connectivity index (χ2v) is 6.12. The second-order valence-electron chi connectivity index (χ2n) is 5.28. The van der Waals surface area contributed by atoms with Gasteiger partial charge in [0, 0.05) is 29.2 Å². The summed E-state index contributed by atoms with van der Waals surface area (Å²) in [6, 6.07) is 6.42. The van der Waals surface area contributed by atoms with E-state index >= 15 is 0 Å². The number of nitrogens with one attached hydrogen (secondary N) is 1. The number of methoxy groups -OCH3 is 1. The molecule has 3 atom stereocenters. The number of hydrogen-bond donors (Lipinski definition) is 1. The molecule has 19 heavy (non-hydrogen) atoms. The van der Waals surface area contributed by atoms with E-state index in [1.165, 1.54) is 19.3 Å². The van der Waals surface area contributed by atoms with E-state index in [4.69, 9.17) is 27.9 Å². The van der Waals surface area contributed by atoms with E-state index in [0.717, 1.165) is 17.0 Å². The van der Waals surface area contributed by atoms with Gasteiger partial charge in [-0.15, -0.1) is 0 Å². The maximum Gasteiger partial charge on any atom is 0.0586 e. The Labute approximate surface area is 125 Å². The quantitative estimate of drug-likeness (QED) is 0.877. The summed E-state index contributed by atoms with van der Waals surface area (Å²) in [7, 11) is 1.80.